The lowest BCUT2D eigenvalue weighted by atomic mass is 10.1. The van der Waals surface area contributed by atoms with Gasteiger partial charge in [-0.05, 0) is 66.1 Å². The molecule has 0 aliphatic rings. The number of nitrogens with zero attached hydrogens (tertiary/aromatic N) is 4. The van der Waals surface area contributed by atoms with Crippen molar-refractivity contribution in [3.8, 4) is 5.69 Å². The second kappa shape index (κ2) is 6.50. The first-order chi connectivity index (χ1) is 11.1. The zero-order chi connectivity index (χ0) is 16.4. The van der Waals surface area contributed by atoms with Gasteiger partial charge in [0.1, 0.15) is 5.82 Å². The van der Waals surface area contributed by atoms with Crippen LogP contribution in [0.3, 0.4) is 0 Å². The van der Waals surface area contributed by atoms with Gasteiger partial charge in [-0.2, -0.15) is 4.68 Å². The van der Waals surface area contributed by atoms with Crippen LogP contribution in [0.1, 0.15) is 28.9 Å². The third kappa shape index (κ3) is 3.27. The summed E-state index contributed by atoms with van der Waals surface area (Å²) in [4.78, 5) is 0. The van der Waals surface area contributed by atoms with Crippen molar-refractivity contribution >= 4 is 11.8 Å². The Morgan fingerprint density at radius 2 is 1.83 bits per heavy atom. The molecule has 1 aromatic heterocycles. The molecule has 3 rings (SSSR count). The molecule has 0 fully saturated rings. The number of benzene rings is 2. The number of hydrogen-bond acceptors (Lipinski definition) is 4. The van der Waals surface area contributed by atoms with Crippen LogP contribution in [0.5, 0.6) is 0 Å². The number of aromatic nitrogens is 4. The summed E-state index contributed by atoms with van der Waals surface area (Å²) in [6, 6.07) is 12.6. The fourth-order valence-electron chi connectivity index (χ4n) is 2.33. The maximum Gasteiger partial charge on any atom is 0.214 e. The van der Waals surface area contributed by atoms with Crippen molar-refractivity contribution in [2.24, 2.45) is 0 Å². The van der Waals surface area contributed by atoms with Crippen molar-refractivity contribution in [1.29, 1.82) is 0 Å². The maximum atomic E-state index is 13.1. The Morgan fingerprint density at radius 1 is 1.09 bits per heavy atom. The van der Waals surface area contributed by atoms with Crippen molar-refractivity contribution in [2.75, 3.05) is 0 Å². The van der Waals surface area contributed by atoms with Crippen LogP contribution in [0, 0.1) is 19.7 Å². The summed E-state index contributed by atoms with van der Waals surface area (Å²) in [5.74, 6) is -0.230. The van der Waals surface area contributed by atoms with E-state index >= 15 is 0 Å². The predicted molar refractivity (Wildman–Crippen MR) is 89.3 cm³/mol. The predicted octanol–water partition coefficient (Wildman–Crippen LogP) is 4.27. The monoisotopic (exact) mass is 328 g/mol. The lowest BCUT2D eigenvalue weighted by Gasteiger charge is -2.13. The molecule has 0 aliphatic carbocycles. The summed E-state index contributed by atoms with van der Waals surface area (Å²) in [7, 11) is 0. The number of aryl methyl sites for hydroxylation is 1. The Hall–Kier alpha value is -2.21. The van der Waals surface area contributed by atoms with Gasteiger partial charge in [0.05, 0.1) is 5.69 Å². The Bertz CT molecular complexity index is 814. The molecule has 2 aromatic carbocycles. The molecule has 1 heterocycles. The van der Waals surface area contributed by atoms with Crippen LogP contribution >= 0.6 is 11.8 Å². The van der Waals surface area contributed by atoms with E-state index in [4.69, 9.17) is 0 Å². The normalized spacial score (nSPS) is 12.3. The van der Waals surface area contributed by atoms with Crippen LogP contribution in [0.15, 0.2) is 47.6 Å². The second-order valence-electron chi connectivity index (χ2n) is 5.40. The lowest BCUT2D eigenvalue weighted by molar-refractivity contribution is 0.627. The Labute approximate surface area is 138 Å². The van der Waals surface area contributed by atoms with E-state index in [9.17, 15) is 4.39 Å². The minimum atomic E-state index is -0.230. The average molecular weight is 328 g/mol. The van der Waals surface area contributed by atoms with Crippen molar-refractivity contribution in [2.45, 2.75) is 31.2 Å². The third-order valence-corrected chi connectivity index (χ3v) is 4.96. The van der Waals surface area contributed by atoms with Gasteiger partial charge >= 0.3 is 0 Å². The Balaban J connectivity index is 1.89. The highest BCUT2D eigenvalue weighted by atomic mass is 32.2. The SMILES string of the molecule is Cc1cccc(-n2nnnc2SC(C)c2ccc(F)cc2)c1C. The van der Waals surface area contributed by atoms with Gasteiger partial charge in [-0.25, -0.2) is 4.39 Å². The minimum Gasteiger partial charge on any atom is -0.207 e. The van der Waals surface area contributed by atoms with Crippen LogP contribution in [0.2, 0.25) is 0 Å². The highest BCUT2D eigenvalue weighted by Crippen LogP contribution is 2.34. The molecular formula is C17H17FN4S. The molecule has 6 heteroatoms. The fourth-order valence-corrected chi connectivity index (χ4v) is 3.26. The number of tetrazole rings is 1. The summed E-state index contributed by atoms with van der Waals surface area (Å²) < 4.78 is 14.8. The van der Waals surface area contributed by atoms with Gasteiger partial charge in [0, 0.05) is 5.25 Å². The van der Waals surface area contributed by atoms with E-state index in [0.29, 0.717) is 0 Å². The molecule has 4 nitrogen and oxygen atoms in total. The minimum absolute atomic E-state index is 0.116. The van der Waals surface area contributed by atoms with Gasteiger partial charge in [0.2, 0.25) is 5.16 Å². The van der Waals surface area contributed by atoms with Crippen LogP contribution in [-0.2, 0) is 0 Å². The highest BCUT2D eigenvalue weighted by Gasteiger charge is 2.16. The number of halogens is 1. The molecule has 0 N–H and O–H groups in total. The van der Waals surface area contributed by atoms with E-state index in [1.165, 1.54) is 17.7 Å². The van der Waals surface area contributed by atoms with Crippen molar-refractivity contribution in [3.63, 3.8) is 0 Å². The summed E-state index contributed by atoms with van der Waals surface area (Å²) in [5.41, 5.74) is 4.35. The molecule has 3 aromatic rings. The van der Waals surface area contributed by atoms with Crippen molar-refractivity contribution < 1.29 is 4.39 Å². The van der Waals surface area contributed by atoms with Crippen LogP contribution in [0.25, 0.3) is 5.69 Å². The van der Waals surface area contributed by atoms with Crippen molar-refractivity contribution in [1.82, 2.24) is 20.2 Å². The number of hydrogen-bond donors (Lipinski definition) is 0. The van der Waals surface area contributed by atoms with Gasteiger partial charge in [-0.15, -0.1) is 5.10 Å². The molecule has 118 valence electrons. The first kappa shape index (κ1) is 15.7. The second-order valence-corrected chi connectivity index (χ2v) is 6.71. The molecule has 23 heavy (non-hydrogen) atoms. The quantitative estimate of drug-likeness (QED) is 0.671. The first-order valence-electron chi connectivity index (χ1n) is 7.33. The summed E-state index contributed by atoms with van der Waals surface area (Å²) in [5, 5.41) is 12.9. The van der Waals surface area contributed by atoms with Gasteiger partial charge in [-0.3, -0.25) is 0 Å². The summed E-state index contributed by atoms with van der Waals surface area (Å²) >= 11 is 1.55. The number of thioether (sulfide) groups is 1. The van der Waals surface area contributed by atoms with Crippen LogP contribution in [-0.4, -0.2) is 20.2 Å². The van der Waals surface area contributed by atoms with Crippen LogP contribution < -0.4 is 0 Å². The molecule has 0 radical (unpaired) electrons. The molecule has 0 bridgehead atoms. The average Bonchev–Trinajstić information content (AvgIpc) is 2.98. The molecule has 0 saturated carbocycles. The van der Waals surface area contributed by atoms with Crippen LogP contribution in [0.4, 0.5) is 4.39 Å². The first-order valence-corrected chi connectivity index (χ1v) is 8.21. The molecular weight excluding hydrogens is 311 g/mol. The zero-order valence-corrected chi connectivity index (χ0v) is 14.0. The Kier molecular flexibility index (Phi) is 4.43. The van der Waals surface area contributed by atoms with Gasteiger partial charge in [0.25, 0.3) is 0 Å². The van der Waals surface area contributed by atoms with Gasteiger partial charge in [-0.1, -0.05) is 36.0 Å². The summed E-state index contributed by atoms with van der Waals surface area (Å²) in [6.45, 7) is 6.18. The molecule has 1 unspecified atom stereocenters. The zero-order valence-electron chi connectivity index (χ0n) is 13.2. The van der Waals surface area contributed by atoms with E-state index in [0.717, 1.165) is 22.0 Å². The van der Waals surface area contributed by atoms with Crippen molar-refractivity contribution in [3.05, 3.63) is 65.0 Å². The topological polar surface area (TPSA) is 43.6 Å². The molecule has 0 aliphatic heterocycles. The Morgan fingerprint density at radius 3 is 2.57 bits per heavy atom. The molecule has 0 amide bonds. The third-order valence-electron chi connectivity index (χ3n) is 3.87. The summed E-state index contributed by atoms with van der Waals surface area (Å²) in [6.07, 6.45) is 0. The largest absolute Gasteiger partial charge is 0.214 e. The lowest BCUT2D eigenvalue weighted by Crippen LogP contribution is -2.03. The molecule has 0 spiro atoms. The van der Waals surface area contributed by atoms with Gasteiger partial charge in [0.15, 0.2) is 0 Å². The van der Waals surface area contributed by atoms with E-state index in [-0.39, 0.29) is 11.1 Å². The smallest absolute Gasteiger partial charge is 0.207 e. The highest BCUT2D eigenvalue weighted by molar-refractivity contribution is 7.99. The number of rotatable bonds is 4. The van der Waals surface area contributed by atoms with E-state index < -0.39 is 0 Å². The maximum absolute atomic E-state index is 13.1. The van der Waals surface area contributed by atoms with Gasteiger partial charge < -0.3 is 0 Å². The molecule has 1 atom stereocenters. The van der Waals surface area contributed by atoms with E-state index in [2.05, 4.69) is 42.4 Å². The fraction of sp³-hybridized carbons (Fsp3) is 0.235. The standard InChI is InChI=1S/C17H17FN4S/c1-11-5-4-6-16(12(11)2)22-17(19-20-21-22)23-13(3)14-7-9-15(18)10-8-14/h4-10,13H,1-3H3. The molecule has 0 saturated heterocycles. The van der Waals surface area contributed by atoms with E-state index in [1.54, 1.807) is 28.6 Å². The van der Waals surface area contributed by atoms with E-state index in [1.807, 2.05) is 12.1 Å².